The van der Waals surface area contributed by atoms with Crippen LogP contribution >= 0.6 is 0 Å². The molecule has 23 heavy (non-hydrogen) atoms. The average molecular weight is 340 g/mol. The minimum Gasteiger partial charge on any atom is -0.378 e. The Hall–Kier alpha value is -0.910. The van der Waals surface area contributed by atoms with Crippen molar-refractivity contribution in [3.05, 3.63) is 29.8 Å². The van der Waals surface area contributed by atoms with Crippen LogP contribution in [0.1, 0.15) is 45.2 Å². The zero-order valence-corrected chi connectivity index (χ0v) is 15.4. The van der Waals surface area contributed by atoms with E-state index >= 15 is 0 Å². The highest BCUT2D eigenvalue weighted by atomic mass is 32.2. The van der Waals surface area contributed by atoms with E-state index in [4.69, 9.17) is 4.74 Å². The van der Waals surface area contributed by atoms with Gasteiger partial charge in [0, 0.05) is 25.4 Å². The first-order chi connectivity index (χ1) is 10.8. The van der Waals surface area contributed by atoms with E-state index in [1.165, 1.54) is 12.7 Å². The molecule has 130 valence electrons. The minimum atomic E-state index is -3.13. The van der Waals surface area contributed by atoms with Crippen molar-refractivity contribution in [2.24, 2.45) is 11.8 Å². The monoisotopic (exact) mass is 339 g/mol. The Kier molecular flexibility index (Phi) is 6.23. The van der Waals surface area contributed by atoms with Crippen LogP contribution in [0.4, 0.5) is 0 Å². The van der Waals surface area contributed by atoms with Gasteiger partial charge in [-0.2, -0.15) is 0 Å². The highest BCUT2D eigenvalue weighted by Crippen LogP contribution is 2.26. The van der Waals surface area contributed by atoms with Crippen LogP contribution in [0.5, 0.6) is 0 Å². The second kappa shape index (κ2) is 7.77. The number of sulfone groups is 1. The van der Waals surface area contributed by atoms with Crippen LogP contribution in [0.15, 0.2) is 29.2 Å². The molecule has 2 rings (SSSR count). The second-order valence-corrected chi connectivity index (χ2v) is 8.97. The Balaban J connectivity index is 1.95. The Labute approximate surface area is 140 Å². The number of hydrogen-bond donors (Lipinski definition) is 1. The Morgan fingerprint density at radius 3 is 2.43 bits per heavy atom. The van der Waals surface area contributed by atoms with Crippen molar-refractivity contribution in [2.75, 3.05) is 19.4 Å². The zero-order chi connectivity index (χ0) is 17.0. The molecule has 1 aromatic rings. The summed E-state index contributed by atoms with van der Waals surface area (Å²) in [5, 5.41) is 3.58. The topological polar surface area (TPSA) is 55.4 Å². The summed E-state index contributed by atoms with van der Waals surface area (Å²) in [6.07, 6.45) is 3.90. The lowest BCUT2D eigenvalue weighted by Crippen LogP contribution is -2.40. The molecule has 1 aromatic carbocycles. The first-order valence-corrected chi connectivity index (χ1v) is 10.3. The molecule has 1 N–H and O–H groups in total. The predicted octanol–water partition coefficient (Wildman–Crippen LogP) is 3.19. The maximum atomic E-state index is 11.5. The maximum Gasteiger partial charge on any atom is 0.175 e. The Morgan fingerprint density at radius 1 is 1.22 bits per heavy atom. The van der Waals surface area contributed by atoms with Crippen LogP contribution in [0.3, 0.4) is 0 Å². The van der Waals surface area contributed by atoms with Gasteiger partial charge >= 0.3 is 0 Å². The highest BCUT2D eigenvalue weighted by molar-refractivity contribution is 7.90. The van der Waals surface area contributed by atoms with E-state index in [1.807, 2.05) is 12.1 Å². The summed E-state index contributed by atoms with van der Waals surface area (Å²) in [5.41, 5.74) is 1.11. The maximum absolute atomic E-state index is 11.5. The summed E-state index contributed by atoms with van der Waals surface area (Å²) in [5.74, 6) is 1.08. The van der Waals surface area contributed by atoms with E-state index in [1.54, 1.807) is 12.1 Å². The van der Waals surface area contributed by atoms with Crippen molar-refractivity contribution in [1.82, 2.24) is 5.32 Å². The van der Waals surface area contributed by atoms with Gasteiger partial charge in [0.25, 0.3) is 0 Å². The van der Waals surface area contributed by atoms with Crippen molar-refractivity contribution in [2.45, 2.75) is 50.7 Å². The van der Waals surface area contributed by atoms with Crippen LogP contribution in [0, 0.1) is 11.8 Å². The molecule has 0 spiro atoms. The molecule has 0 aromatic heterocycles. The second-order valence-electron chi connectivity index (χ2n) is 6.95. The summed E-state index contributed by atoms with van der Waals surface area (Å²) in [6, 6.07) is 7.35. The van der Waals surface area contributed by atoms with Crippen molar-refractivity contribution in [3.8, 4) is 0 Å². The highest BCUT2D eigenvalue weighted by Gasteiger charge is 2.28. The summed E-state index contributed by atoms with van der Waals surface area (Å²) >= 11 is 0. The van der Waals surface area contributed by atoms with Crippen molar-refractivity contribution in [3.63, 3.8) is 0 Å². The first-order valence-electron chi connectivity index (χ1n) is 8.44. The van der Waals surface area contributed by atoms with Crippen LogP contribution in [0.2, 0.25) is 0 Å². The van der Waals surface area contributed by atoms with Crippen molar-refractivity contribution >= 4 is 9.84 Å². The van der Waals surface area contributed by atoms with Gasteiger partial charge in [-0.25, -0.2) is 8.42 Å². The summed E-state index contributed by atoms with van der Waals surface area (Å²) < 4.78 is 29.0. The van der Waals surface area contributed by atoms with Gasteiger partial charge in [0.1, 0.15) is 0 Å². The molecule has 4 nitrogen and oxygen atoms in total. The third-order valence-corrected chi connectivity index (χ3v) is 5.77. The third kappa shape index (κ3) is 5.03. The van der Waals surface area contributed by atoms with E-state index < -0.39 is 9.84 Å². The first kappa shape index (κ1) is 18.4. The molecule has 0 radical (unpaired) electrons. The van der Waals surface area contributed by atoms with Gasteiger partial charge < -0.3 is 10.1 Å². The summed E-state index contributed by atoms with van der Waals surface area (Å²) in [4.78, 5) is 0.369. The van der Waals surface area contributed by atoms with Crippen LogP contribution in [-0.2, 0) is 14.6 Å². The molecule has 1 heterocycles. The normalized spacial score (nSPS) is 23.9. The SMILES string of the molecule is CC(C)[C@H]1OCCC[C@H]1CN[C@@H](C)c1ccc(S(C)(=O)=O)cc1. The standard InChI is InChI=1S/C18H29NO3S/c1-13(2)18-16(6-5-11-22-18)12-19-14(3)15-7-9-17(10-8-15)23(4,20)21/h7-10,13-14,16,18-19H,5-6,11-12H2,1-4H3/t14-,16-,18+/m0/s1. The number of hydrogen-bond acceptors (Lipinski definition) is 4. The minimum absolute atomic E-state index is 0.193. The molecule has 3 atom stereocenters. The van der Waals surface area contributed by atoms with Crippen LogP contribution < -0.4 is 5.32 Å². The van der Waals surface area contributed by atoms with Gasteiger partial charge in [-0.15, -0.1) is 0 Å². The molecule has 0 saturated carbocycles. The van der Waals surface area contributed by atoms with Gasteiger partial charge in [0.2, 0.25) is 0 Å². The fourth-order valence-corrected chi connectivity index (χ4v) is 3.90. The van der Waals surface area contributed by atoms with Crippen LogP contribution in [0.25, 0.3) is 0 Å². The number of benzene rings is 1. The number of nitrogens with one attached hydrogen (secondary N) is 1. The number of rotatable bonds is 6. The van der Waals surface area contributed by atoms with Crippen molar-refractivity contribution < 1.29 is 13.2 Å². The van der Waals surface area contributed by atoms with Crippen molar-refractivity contribution in [1.29, 1.82) is 0 Å². The lowest BCUT2D eigenvalue weighted by atomic mass is 9.87. The van der Waals surface area contributed by atoms with Gasteiger partial charge in [0.05, 0.1) is 11.0 Å². The van der Waals surface area contributed by atoms with Gasteiger partial charge in [-0.3, -0.25) is 0 Å². The molecule has 1 aliphatic heterocycles. The Bertz CT molecular complexity index is 595. The Morgan fingerprint density at radius 2 is 1.87 bits per heavy atom. The fourth-order valence-electron chi connectivity index (χ4n) is 3.27. The molecule has 1 fully saturated rings. The quantitative estimate of drug-likeness (QED) is 0.865. The molecule has 1 aliphatic rings. The average Bonchev–Trinajstić information content (AvgIpc) is 2.52. The lowest BCUT2D eigenvalue weighted by molar-refractivity contribution is -0.0521. The zero-order valence-electron chi connectivity index (χ0n) is 14.6. The third-order valence-electron chi connectivity index (χ3n) is 4.65. The van der Waals surface area contributed by atoms with E-state index in [0.29, 0.717) is 22.8 Å². The molecular weight excluding hydrogens is 310 g/mol. The van der Waals surface area contributed by atoms with E-state index in [9.17, 15) is 8.42 Å². The van der Waals surface area contributed by atoms with Gasteiger partial charge in [0.15, 0.2) is 9.84 Å². The van der Waals surface area contributed by atoms with E-state index in [2.05, 4.69) is 26.1 Å². The van der Waals surface area contributed by atoms with Gasteiger partial charge in [-0.1, -0.05) is 26.0 Å². The molecule has 1 saturated heterocycles. The molecule has 0 amide bonds. The summed E-state index contributed by atoms with van der Waals surface area (Å²) in [6.45, 7) is 8.36. The lowest BCUT2D eigenvalue weighted by Gasteiger charge is -2.35. The van der Waals surface area contributed by atoms with E-state index in [-0.39, 0.29) is 6.04 Å². The predicted molar refractivity (Wildman–Crippen MR) is 93.3 cm³/mol. The molecule has 0 unspecified atom stereocenters. The molecular formula is C18H29NO3S. The fraction of sp³-hybridized carbons (Fsp3) is 0.667. The van der Waals surface area contributed by atoms with Gasteiger partial charge in [-0.05, 0) is 49.3 Å². The van der Waals surface area contributed by atoms with E-state index in [0.717, 1.165) is 25.1 Å². The molecule has 0 bridgehead atoms. The number of ether oxygens (including phenoxy) is 1. The molecule has 5 heteroatoms. The summed E-state index contributed by atoms with van der Waals surface area (Å²) in [7, 11) is -3.13. The largest absolute Gasteiger partial charge is 0.378 e. The molecule has 0 aliphatic carbocycles. The smallest absolute Gasteiger partial charge is 0.175 e. The van der Waals surface area contributed by atoms with Crippen LogP contribution in [-0.4, -0.2) is 33.9 Å².